The minimum atomic E-state index is -1.25. The van der Waals surface area contributed by atoms with Crippen molar-refractivity contribution in [2.45, 2.75) is 13.2 Å². The number of carboxylic acids is 1. The van der Waals surface area contributed by atoms with Crippen molar-refractivity contribution in [1.82, 2.24) is 25.3 Å². The number of hydrogen-bond donors (Lipinski definition) is 4. The van der Waals surface area contributed by atoms with Crippen molar-refractivity contribution in [3.05, 3.63) is 88.6 Å². The van der Waals surface area contributed by atoms with Crippen molar-refractivity contribution >= 4 is 52.3 Å². The van der Waals surface area contributed by atoms with Gasteiger partial charge in [0.25, 0.3) is 0 Å². The summed E-state index contributed by atoms with van der Waals surface area (Å²) in [4.78, 5) is 42.1. The molecule has 45 heavy (non-hydrogen) atoms. The van der Waals surface area contributed by atoms with Crippen molar-refractivity contribution in [2.24, 2.45) is 0 Å². The highest BCUT2D eigenvalue weighted by molar-refractivity contribution is 7.16. The summed E-state index contributed by atoms with van der Waals surface area (Å²) in [6.45, 7) is 1.25. The lowest BCUT2D eigenvalue weighted by Gasteiger charge is -2.19. The van der Waals surface area contributed by atoms with E-state index in [0.29, 0.717) is 35.0 Å². The van der Waals surface area contributed by atoms with Crippen LogP contribution in [0.2, 0.25) is 0 Å². The van der Waals surface area contributed by atoms with Gasteiger partial charge in [0.1, 0.15) is 24.9 Å². The SMILES string of the molecule is CN(CCOC(=O)NCc1ccc(COc2nc(N)nc3[nH]cnc23)cc1)c1ccc(-c2ccc(/C=C(\C#N)C(=O)O)s2)cc1. The summed E-state index contributed by atoms with van der Waals surface area (Å²) in [7, 11) is 1.90. The minimum Gasteiger partial charge on any atom is -0.477 e. The maximum atomic E-state index is 12.2. The molecule has 3 aromatic heterocycles. The first kappa shape index (κ1) is 30.5. The number of alkyl carbamates (subject to hydrolysis) is 1. The molecular formula is C31H28N8O5S. The number of carbonyl (C=O) groups is 2. The number of nitrogens with zero attached hydrogens (tertiary/aromatic N) is 5. The molecule has 0 bridgehead atoms. The number of amides is 1. The van der Waals surface area contributed by atoms with Crippen molar-refractivity contribution in [1.29, 1.82) is 5.26 Å². The normalized spacial score (nSPS) is 11.2. The Morgan fingerprint density at radius 3 is 2.60 bits per heavy atom. The number of imidazole rings is 1. The van der Waals surface area contributed by atoms with Crippen LogP contribution in [0.25, 0.3) is 27.7 Å². The van der Waals surface area contributed by atoms with Crippen LogP contribution < -0.4 is 20.7 Å². The number of nitriles is 1. The average Bonchev–Trinajstić information content (AvgIpc) is 3.72. The number of hydrogen-bond acceptors (Lipinski definition) is 11. The summed E-state index contributed by atoms with van der Waals surface area (Å²) >= 11 is 1.40. The molecule has 0 aliphatic carbocycles. The number of nitrogens with two attached hydrogens (primary N) is 1. The Balaban J connectivity index is 1.03. The summed E-state index contributed by atoms with van der Waals surface area (Å²) in [5, 5.41) is 20.8. The number of H-pyrrole nitrogens is 1. The van der Waals surface area contributed by atoms with Gasteiger partial charge in [-0.15, -0.1) is 11.3 Å². The third-order valence-corrected chi connectivity index (χ3v) is 7.70. The second kappa shape index (κ2) is 14.0. The highest BCUT2D eigenvalue weighted by atomic mass is 32.1. The average molecular weight is 625 g/mol. The van der Waals surface area contributed by atoms with Crippen molar-refractivity contribution < 1.29 is 24.2 Å². The number of ether oxygens (including phenoxy) is 2. The third-order valence-electron chi connectivity index (χ3n) is 6.62. The topological polar surface area (TPSA) is 192 Å². The number of thiophene rings is 1. The van der Waals surface area contributed by atoms with Gasteiger partial charge in [-0.25, -0.2) is 14.6 Å². The number of carboxylic acid groups (broad SMARTS) is 1. The zero-order valence-electron chi connectivity index (χ0n) is 24.1. The molecule has 5 aromatic rings. The van der Waals surface area contributed by atoms with Gasteiger partial charge in [-0.05, 0) is 47.0 Å². The van der Waals surface area contributed by atoms with Crippen molar-refractivity contribution in [3.8, 4) is 22.4 Å². The van der Waals surface area contributed by atoms with E-state index in [0.717, 1.165) is 27.3 Å². The molecule has 0 radical (unpaired) electrons. The number of likely N-dealkylation sites (N-methyl/N-ethyl adjacent to an activating group) is 1. The van der Waals surface area contributed by atoms with Gasteiger partial charge in [-0.2, -0.15) is 15.2 Å². The molecule has 13 nitrogen and oxygen atoms in total. The fraction of sp³-hybridized carbons (Fsp3) is 0.161. The van der Waals surface area contributed by atoms with Crippen molar-refractivity contribution in [3.63, 3.8) is 0 Å². The van der Waals surface area contributed by atoms with Crippen LogP contribution in [-0.2, 0) is 22.7 Å². The van der Waals surface area contributed by atoms with Gasteiger partial charge in [0.05, 0.1) is 12.9 Å². The lowest BCUT2D eigenvalue weighted by atomic mass is 10.1. The summed E-state index contributed by atoms with van der Waals surface area (Å²) in [6.07, 6.45) is 2.35. The van der Waals surface area contributed by atoms with E-state index in [1.807, 2.05) is 66.5 Å². The first-order chi connectivity index (χ1) is 21.8. The zero-order valence-corrected chi connectivity index (χ0v) is 24.9. The Morgan fingerprint density at radius 2 is 1.87 bits per heavy atom. The molecule has 0 aliphatic rings. The molecule has 0 saturated heterocycles. The molecule has 0 fully saturated rings. The van der Waals surface area contributed by atoms with Crippen LogP contribution in [0.3, 0.4) is 0 Å². The van der Waals surface area contributed by atoms with Gasteiger partial charge >= 0.3 is 12.1 Å². The number of anilines is 2. The number of fused-ring (bicyclic) bond motifs is 1. The molecule has 2 aromatic carbocycles. The molecule has 1 amide bonds. The highest BCUT2D eigenvalue weighted by Crippen LogP contribution is 2.30. The fourth-order valence-electron chi connectivity index (χ4n) is 4.21. The summed E-state index contributed by atoms with van der Waals surface area (Å²) in [5.74, 6) is -0.862. The predicted molar refractivity (Wildman–Crippen MR) is 169 cm³/mol. The largest absolute Gasteiger partial charge is 0.477 e. The first-order valence-electron chi connectivity index (χ1n) is 13.6. The van der Waals surface area contributed by atoms with E-state index >= 15 is 0 Å². The molecule has 0 aliphatic heterocycles. The molecule has 14 heteroatoms. The van der Waals surface area contributed by atoms with Gasteiger partial charge < -0.3 is 35.5 Å². The Kier molecular flexibility index (Phi) is 9.51. The van der Waals surface area contributed by atoms with E-state index in [4.69, 9.17) is 25.6 Å². The molecule has 0 spiro atoms. The lowest BCUT2D eigenvalue weighted by molar-refractivity contribution is -0.132. The quantitative estimate of drug-likeness (QED) is 0.112. The van der Waals surface area contributed by atoms with E-state index < -0.39 is 12.1 Å². The number of benzene rings is 2. The molecule has 5 N–H and O–H groups in total. The smallest absolute Gasteiger partial charge is 0.407 e. The third kappa shape index (κ3) is 7.92. The molecule has 5 rings (SSSR count). The molecular weight excluding hydrogens is 596 g/mol. The number of aromatic nitrogens is 4. The van der Waals surface area contributed by atoms with Crippen LogP contribution >= 0.6 is 11.3 Å². The minimum absolute atomic E-state index is 0.0909. The zero-order chi connectivity index (χ0) is 31.8. The number of nitrogens with one attached hydrogen (secondary N) is 2. The molecule has 0 atom stereocenters. The van der Waals surface area contributed by atoms with E-state index in [2.05, 4.69) is 25.3 Å². The fourth-order valence-corrected chi connectivity index (χ4v) is 5.17. The molecule has 3 heterocycles. The number of aromatic amines is 1. The number of nitrogen functional groups attached to an aromatic ring is 1. The Morgan fingerprint density at radius 1 is 1.11 bits per heavy atom. The maximum absolute atomic E-state index is 12.2. The Labute approximate surface area is 261 Å². The Bertz CT molecular complexity index is 1880. The summed E-state index contributed by atoms with van der Waals surface area (Å²) in [5.41, 5.74) is 10.1. The molecule has 0 saturated carbocycles. The predicted octanol–water partition coefficient (Wildman–Crippen LogP) is 4.60. The van der Waals surface area contributed by atoms with Crippen molar-refractivity contribution in [2.75, 3.05) is 30.8 Å². The van der Waals surface area contributed by atoms with Crippen LogP contribution in [0.4, 0.5) is 16.4 Å². The van der Waals surface area contributed by atoms with Gasteiger partial charge in [0.2, 0.25) is 11.8 Å². The van der Waals surface area contributed by atoms with Crippen LogP contribution in [0.5, 0.6) is 5.88 Å². The number of carbonyl (C=O) groups excluding carboxylic acids is 1. The first-order valence-corrected chi connectivity index (χ1v) is 14.4. The highest BCUT2D eigenvalue weighted by Gasteiger charge is 2.11. The van der Waals surface area contributed by atoms with E-state index in [1.165, 1.54) is 23.7 Å². The second-order valence-corrected chi connectivity index (χ2v) is 10.8. The van der Waals surface area contributed by atoms with E-state index in [-0.39, 0.29) is 24.7 Å². The van der Waals surface area contributed by atoms with Crippen LogP contribution in [-0.4, -0.2) is 57.3 Å². The molecule has 0 unspecified atom stereocenters. The van der Waals surface area contributed by atoms with Crippen LogP contribution in [0.1, 0.15) is 16.0 Å². The molecule has 228 valence electrons. The Hall–Kier alpha value is -5.94. The van der Waals surface area contributed by atoms with E-state index in [9.17, 15) is 9.59 Å². The van der Waals surface area contributed by atoms with Gasteiger partial charge in [0.15, 0.2) is 11.2 Å². The monoisotopic (exact) mass is 624 g/mol. The van der Waals surface area contributed by atoms with Gasteiger partial charge in [-0.1, -0.05) is 36.4 Å². The van der Waals surface area contributed by atoms with Gasteiger partial charge in [0, 0.05) is 29.0 Å². The van der Waals surface area contributed by atoms with E-state index in [1.54, 1.807) is 12.1 Å². The van der Waals surface area contributed by atoms with Gasteiger partial charge in [-0.3, -0.25) is 0 Å². The number of aliphatic carboxylic acids is 1. The van der Waals surface area contributed by atoms with Crippen LogP contribution in [0, 0.1) is 11.3 Å². The summed E-state index contributed by atoms with van der Waals surface area (Å²) < 4.78 is 11.1. The lowest BCUT2D eigenvalue weighted by Crippen LogP contribution is -2.28. The maximum Gasteiger partial charge on any atom is 0.407 e. The summed E-state index contributed by atoms with van der Waals surface area (Å²) in [6, 6.07) is 20.8. The number of rotatable bonds is 12. The standard InChI is InChI=1S/C31H28N8O5S/c1-39(23-8-6-21(7-9-23)25-11-10-24(45-25)14-22(15-32)29(40)41)12-13-43-31(42)34-16-19-2-4-20(5-3-19)17-44-28-26-27(36-18-35-26)37-30(33)38-28/h2-11,14,18H,12-13,16-17H2,1H3,(H,34,42)(H,40,41)(H3,33,35,36,37,38)/b22-14+. The second-order valence-electron chi connectivity index (χ2n) is 9.73. The van der Waals surface area contributed by atoms with Crippen LogP contribution in [0.15, 0.2) is 72.6 Å².